The lowest BCUT2D eigenvalue weighted by molar-refractivity contribution is 0.0985. The fourth-order valence-electron chi connectivity index (χ4n) is 3.50. The van der Waals surface area contributed by atoms with Crippen molar-refractivity contribution in [2.24, 2.45) is 0 Å². The Kier molecular flexibility index (Phi) is 11.4. The van der Waals surface area contributed by atoms with Crippen LogP contribution in [0.25, 0.3) is 10.2 Å². The van der Waals surface area contributed by atoms with E-state index < -0.39 is 10.0 Å². The minimum atomic E-state index is -3.93. The SMILES string of the molecule is COc1ccc2sc(N(CCN(C)C)C(=O)c3ccc(S(=O)(=O)N(CCC#N)CCC#N)cc3)nc2c1.Cl. The van der Waals surface area contributed by atoms with Gasteiger partial charge >= 0.3 is 0 Å². The number of nitrogens with zero attached hydrogens (tertiary/aromatic N) is 6. The van der Waals surface area contributed by atoms with Crippen molar-refractivity contribution in [2.75, 3.05) is 52.3 Å². The van der Waals surface area contributed by atoms with Gasteiger partial charge in [0, 0.05) is 50.7 Å². The van der Waals surface area contributed by atoms with Crippen molar-refractivity contribution in [2.45, 2.75) is 17.7 Å². The van der Waals surface area contributed by atoms with Crippen LogP contribution in [0.2, 0.25) is 0 Å². The topological polar surface area (TPSA) is 131 Å². The molecule has 1 amide bonds. The summed E-state index contributed by atoms with van der Waals surface area (Å²) < 4.78 is 33.5. The summed E-state index contributed by atoms with van der Waals surface area (Å²) in [6, 6.07) is 15.1. The lowest BCUT2D eigenvalue weighted by Gasteiger charge is -2.22. The van der Waals surface area contributed by atoms with Gasteiger partial charge in [-0.25, -0.2) is 13.4 Å². The Morgan fingerprint density at radius 2 is 1.63 bits per heavy atom. The predicted octanol–water partition coefficient (Wildman–Crippen LogP) is 3.75. The Labute approximate surface area is 233 Å². The fourth-order valence-corrected chi connectivity index (χ4v) is 5.91. The number of carbonyl (C=O) groups is 1. The monoisotopic (exact) mass is 576 g/mol. The van der Waals surface area contributed by atoms with E-state index in [0.717, 1.165) is 14.5 Å². The average Bonchev–Trinajstić information content (AvgIpc) is 3.31. The highest BCUT2D eigenvalue weighted by Crippen LogP contribution is 2.32. The second-order valence-corrected chi connectivity index (χ2v) is 11.3. The van der Waals surface area contributed by atoms with E-state index in [0.29, 0.717) is 29.5 Å². The van der Waals surface area contributed by atoms with Gasteiger partial charge in [0.1, 0.15) is 5.75 Å². The Bertz CT molecular complexity index is 1410. The van der Waals surface area contributed by atoms with Crippen molar-refractivity contribution < 1.29 is 17.9 Å². The van der Waals surface area contributed by atoms with Gasteiger partial charge in [-0.15, -0.1) is 12.4 Å². The molecule has 3 aromatic rings. The quantitative estimate of drug-likeness (QED) is 0.318. The molecule has 0 aliphatic heterocycles. The molecule has 0 aliphatic rings. The van der Waals surface area contributed by atoms with Gasteiger partial charge in [0.25, 0.3) is 5.91 Å². The van der Waals surface area contributed by atoms with Crippen LogP contribution < -0.4 is 9.64 Å². The largest absolute Gasteiger partial charge is 0.497 e. The Balaban J connectivity index is 0.00000507. The first-order valence-corrected chi connectivity index (χ1v) is 13.7. The van der Waals surface area contributed by atoms with Crippen LogP contribution in [0.5, 0.6) is 5.75 Å². The molecule has 0 saturated carbocycles. The summed E-state index contributed by atoms with van der Waals surface area (Å²) in [6.45, 7) is 0.965. The molecule has 0 aliphatic carbocycles. The molecule has 0 bridgehead atoms. The number of benzene rings is 2. The molecule has 0 saturated heterocycles. The second-order valence-electron chi connectivity index (χ2n) is 8.33. The molecular formula is C25H29ClN6O4S2. The molecule has 38 heavy (non-hydrogen) atoms. The van der Waals surface area contributed by atoms with Gasteiger partial charge in [0.05, 0.1) is 34.4 Å². The zero-order chi connectivity index (χ0) is 27.0. The van der Waals surface area contributed by atoms with Crippen molar-refractivity contribution >= 4 is 55.0 Å². The third-order valence-corrected chi connectivity index (χ3v) is 8.49. The van der Waals surface area contributed by atoms with Gasteiger partial charge in [-0.1, -0.05) is 11.3 Å². The van der Waals surface area contributed by atoms with Crippen LogP contribution in [0.4, 0.5) is 5.13 Å². The number of halogens is 1. The number of carbonyl (C=O) groups excluding carboxylic acids is 1. The number of likely N-dealkylation sites (N-methyl/N-ethyl adjacent to an activating group) is 1. The number of hydrogen-bond acceptors (Lipinski definition) is 9. The predicted molar refractivity (Wildman–Crippen MR) is 149 cm³/mol. The van der Waals surface area contributed by atoms with Gasteiger partial charge in [-0.05, 0) is 50.5 Å². The summed E-state index contributed by atoms with van der Waals surface area (Å²) in [6.07, 6.45) is 0.0200. The molecule has 13 heteroatoms. The van der Waals surface area contributed by atoms with Crippen molar-refractivity contribution in [3.8, 4) is 17.9 Å². The summed E-state index contributed by atoms with van der Waals surface area (Å²) in [5, 5.41) is 18.3. The first-order chi connectivity index (χ1) is 17.7. The van der Waals surface area contributed by atoms with E-state index in [1.807, 2.05) is 49.3 Å². The van der Waals surface area contributed by atoms with Gasteiger partial charge in [-0.2, -0.15) is 14.8 Å². The van der Waals surface area contributed by atoms with Crippen LogP contribution in [0.1, 0.15) is 23.2 Å². The number of hydrogen-bond donors (Lipinski definition) is 0. The Morgan fingerprint density at radius 1 is 1.00 bits per heavy atom. The Morgan fingerprint density at radius 3 is 2.18 bits per heavy atom. The van der Waals surface area contributed by atoms with E-state index in [1.165, 1.54) is 35.6 Å². The molecule has 0 spiro atoms. The number of sulfonamides is 1. The molecule has 1 aromatic heterocycles. The number of thiazole rings is 1. The summed E-state index contributed by atoms with van der Waals surface area (Å²) in [5.41, 5.74) is 1.04. The van der Waals surface area contributed by atoms with E-state index in [-0.39, 0.29) is 49.1 Å². The van der Waals surface area contributed by atoms with Crippen molar-refractivity contribution in [1.29, 1.82) is 10.5 Å². The summed E-state index contributed by atoms with van der Waals surface area (Å²) in [5.74, 6) is 0.369. The highest BCUT2D eigenvalue weighted by atomic mass is 35.5. The van der Waals surface area contributed by atoms with Crippen LogP contribution in [-0.4, -0.2) is 75.9 Å². The highest BCUT2D eigenvalue weighted by Gasteiger charge is 2.26. The fraction of sp³-hybridized carbons (Fsp3) is 0.360. The molecule has 3 rings (SSSR count). The van der Waals surface area contributed by atoms with E-state index in [2.05, 4.69) is 4.98 Å². The van der Waals surface area contributed by atoms with Gasteiger partial charge in [0.2, 0.25) is 10.0 Å². The van der Waals surface area contributed by atoms with Crippen LogP contribution >= 0.6 is 23.7 Å². The molecule has 0 radical (unpaired) electrons. The number of amides is 1. The zero-order valence-corrected chi connectivity index (χ0v) is 23.8. The summed E-state index contributed by atoms with van der Waals surface area (Å²) in [7, 11) is 1.48. The minimum absolute atomic E-state index is 0. The molecule has 10 nitrogen and oxygen atoms in total. The molecular weight excluding hydrogens is 548 g/mol. The number of aromatic nitrogens is 1. The number of methoxy groups -OCH3 is 1. The highest BCUT2D eigenvalue weighted by molar-refractivity contribution is 7.89. The van der Waals surface area contributed by atoms with Gasteiger partial charge in [0.15, 0.2) is 5.13 Å². The molecule has 0 N–H and O–H groups in total. The van der Waals surface area contributed by atoms with Crippen molar-refractivity contribution in [3.05, 3.63) is 48.0 Å². The Hall–Kier alpha value is -3.26. The number of fused-ring (bicyclic) bond motifs is 1. The first kappa shape index (κ1) is 31.0. The van der Waals surface area contributed by atoms with Gasteiger partial charge < -0.3 is 9.64 Å². The van der Waals surface area contributed by atoms with E-state index in [9.17, 15) is 13.2 Å². The van der Waals surface area contributed by atoms with Crippen LogP contribution in [0.3, 0.4) is 0 Å². The van der Waals surface area contributed by atoms with Crippen molar-refractivity contribution in [1.82, 2.24) is 14.2 Å². The minimum Gasteiger partial charge on any atom is -0.497 e. The van der Waals surface area contributed by atoms with Gasteiger partial charge in [-0.3, -0.25) is 9.69 Å². The van der Waals surface area contributed by atoms with Crippen LogP contribution in [0, 0.1) is 22.7 Å². The van der Waals surface area contributed by atoms with E-state index in [1.54, 1.807) is 12.0 Å². The smallest absolute Gasteiger partial charge is 0.260 e. The second kappa shape index (κ2) is 14.0. The van der Waals surface area contributed by atoms with Crippen LogP contribution in [0.15, 0.2) is 47.4 Å². The maximum atomic E-state index is 13.6. The maximum Gasteiger partial charge on any atom is 0.260 e. The third kappa shape index (κ3) is 7.40. The maximum absolute atomic E-state index is 13.6. The zero-order valence-electron chi connectivity index (χ0n) is 21.3. The molecule has 1 heterocycles. The van der Waals surface area contributed by atoms with E-state index in [4.69, 9.17) is 15.3 Å². The van der Waals surface area contributed by atoms with E-state index >= 15 is 0 Å². The normalized spacial score (nSPS) is 11.1. The third-order valence-electron chi connectivity index (χ3n) is 5.52. The lowest BCUT2D eigenvalue weighted by atomic mass is 10.2. The molecule has 0 fully saturated rings. The summed E-state index contributed by atoms with van der Waals surface area (Å²) >= 11 is 1.39. The van der Waals surface area contributed by atoms with Crippen molar-refractivity contribution in [3.63, 3.8) is 0 Å². The lowest BCUT2D eigenvalue weighted by Crippen LogP contribution is -2.36. The molecule has 202 valence electrons. The number of ether oxygens (including phenoxy) is 1. The number of rotatable bonds is 12. The number of anilines is 1. The molecule has 0 atom stereocenters. The first-order valence-electron chi connectivity index (χ1n) is 11.5. The van der Waals surface area contributed by atoms with Crippen LogP contribution in [-0.2, 0) is 10.0 Å². The average molecular weight is 577 g/mol. The molecule has 2 aromatic carbocycles. The molecule has 0 unspecified atom stereocenters. The summed E-state index contributed by atoms with van der Waals surface area (Å²) in [4.78, 5) is 21.8. The number of nitriles is 2. The standard InChI is InChI=1S/C25H28N6O4S2.ClH/c1-29(2)16-17-31(25-28-22-18-20(35-3)8-11-23(22)36-25)24(32)19-6-9-21(10-7-19)37(33,34)30(14-4-12-26)15-5-13-27;/h6-11,18H,4-5,14-17H2,1-3H3;1H.